The lowest BCUT2D eigenvalue weighted by molar-refractivity contribution is -0.133. The van der Waals surface area contributed by atoms with Crippen molar-refractivity contribution in [2.45, 2.75) is 19.3 Å². The number of hydrogen-bond donors (Lipinski definition) is 2. The molecule has 0 spiro atoms. The van der Waals surface area contributed by atoms with Crippen LogP contribution in [0.25, 0.3) is 21.1 Å². The van der Waals surface area contributed by atoms with Crippen LogP contribution in [0.2, 0.25) is 0 Å². The minimum Gasteiger partial charge on any atom is -0.376 e. The maximum Gasteiger partial charge on any atom is 0.225 e. The number of thiophene rings is 1. The molecule has 1 aliphatic rings. The number of benzene rings is 1. The van der Waals surface area contributed by atoms with E-state index in [-0.39, 0.29) is 11.8 Å². The number of H-pyrrole nitrogens is 1. The highest BCUT2D eigenvalue weighted by molar-refractivity contribution is 7.19. The van der Waals surface area contributed by atoms with E-state index in [9.17, 15) is 4.79 Å². The molecule has 0 aliphatic heterocycles. The molecule has 1 amide bonds. The van der Waals surface area contributed by atoms with Crippen molar-refractivity contribution in [2.75, 3.05) is 38.4 Å². The largest absolute Gasteiger partial charge is 0.376 e. The van der Waals surface area contributed by atoms with E-state index in [4.69, 9.17) is 0 Å². The number of rotatable bonds is 4. The Labute approximate surface area is 184 Å². The van der Waals surface area contributed by atoms with Gasteiger partial charge in [-0.3, -0.25) is 9.89 Å². The molecule has 0 bridgehead atoms. The van der Waals surface area contributed by atoms with E-state index >= 15 is 0 Å². The predicted octanol–water partition coefficient (Wildman–Crippen LogP) is 3.57. The Morgan fingerprint density at radius 1 is 1.23 bits per heavy atom. The molecule has 8 nitrogen and oxygen atoms in total. The van der Waals surface area contributed by atoms with Gasteiger partial charge in [0.15, 0.2) is 0 Å². The molecule has 3 aromatic heterocycles. The van der Waals surface area contributed by atoms with Crippen LogP contribution in [-0.4, -0.2) is 59.2 Å². The van der Waals surface area contributed by atoms with Crippen LogP contribution in [0.4, 0.5) is 17.2 Å². The van der Waals surface area contributed by atoms with Gasteiger partial charge in [0.25, 0.3) is 0 Å². The Bertz CT molecular complexity index is 1290. The lowest BCUT2D eigenvalue weighted by atomic mass is 9.87. The maximum atomic E-state index is 12.5. The molecule has 1 unspecified atom stereocenters. The Morgan fingerprint density at radius 3 is 2.84 bits per heavy atom. The van der Waals surface area contributed by atoms with Crippen molar-refractivity contribution in [2.24, 2.45) is 5.92 Å². The SMILES string of the molecule is CN(C)C(=O)C1CCc2c(sc3ncnc(Nc4cc5cn[nH]c5cc4N(C)C)c23)C1. The maximum absolute atomic E-state index is 12.5. The molecule has 0 saturated carbocycles. The number of aromatic nitrogens is 4. The molecule has 1 atom stereocenters. The zero-order chi connectivity index (χ0) is 21.7. The van der Waals surface area contributed by atoms with Crippen molar-refractivity contribution in [3.05, 3.63) is 35.1 Å². The van der Waals surface area contributed by atoms with Gasteiger partial charge in [-0.1, -0.05) is 0 Å². The molecule has 4 aromatic rings. The number of hydrogen-bond acceptors (Lipinski definition) is 7. The molecule has 31 heavy (non-hydrogen) atoms. The second-order valence-electron chi connectivity index (χ2n) is 8.42. The molecule has 1 aliphatic carbocycles. The van der Waals surface area contributed by atoms with Gasteiger partial charge in [0.2, 0.25) is 5.91 Å². The molecule has 0 radical (unpaired) electrons. The zero-order valence-electron chi connectivity index (χ0n) is 18.1. The van der Waals surface area contributed by atoms with E-state index in [1.165, 1.54) is 10.4 Å². The lowest BCUT2D eigenvalue weighted by Crippen LogP contribution is -2.32. The van der Waals surface area contributed by atoms with Gasteiger partial charge in [-0.2, -0.15) is 5.10 Å². The van der Waals surface area contributed by atoms with Gasteiger partial charge in [0, 0.05) is 44.4 Å². The summed E-state index contributed by atoms with van der Waals surface area (Å²) in [5, 5.41) is 12.9. The van der Waals surface area contributed by atoms with E-state index in [0.29, 0.717) is 0 Å². The Hall–Kier alpha value is -3.20. The van der Waals surface area contributed by atoms with Crippen molar-refractivity contribution >= 4 is 55.6 Å². The number of fused-ring (bicyclic) bond motifs is 4. The van der Waals surface area contributed by atoms with E-state index in [1.54, 1.807) is 22.6 Å². The molecule has 0 fully saturated rings. The van der Waals surface area contributed by atoms with E-state index in [1.807, 2.05) is 34.4 Å². The van der Waals surface area contributed by atoms with Gasteiger partial charge in [-0.15, -0.1) is 11.3 Å². The third kappa shape index (κ3) is 3.38. The van der Waals surface area contributed by atoms with Gasteiger partial charge < -0.3 is 15.1 Å². The first-order valence-electron chi connectivity index (χ1n) is 10.3. The summed E-state index contributed by atoms with van der Waals surface area (Å²) < 4.78 is 0. The topological polar surface area (TPSA) is 90.0 Å². The Morgan fingerprint density at radius 2 is 2.06 bits per heavy atom. The summed E-state index contributed by atoms with van der Waals surface area (Å²) in [5.41, 5.74) is 4.29. The van der Waals surface area contributed by atoms with Crippen LogP contribution in [0.3, 0.4) is 0 Å². The van der Waals surface area contributed by atoms with E-state index in [2.05, 4.69) is 42.5 Å². The number of nitrogens with zero attached hydrogens (tertiary/aromatic N) is 5. The van der Waals surface area contributed by atoms with Crippen molar-refractivity contribution in [3.63, 3.8) is 0 Å². The average Bonchev–Trinajstić information content (AvgIpc) is 3.35. The van der Waals surface area contributed by atoms with Crippen LogP contribution >= 0.6 is 11.3 Å². The second kappa shape index (κ2) is 7.49. The Kier molecular flexibility index (Phi) is 4.77. The number of aryl methyl sites for hydroxylation is 1. The summed E-state index contributed by atoms with van der Waals surface area (Å²) in [6.45, 7) is 0. The standard InChI is InChI=1S/C22H25N7OS/c1-28(2)17-9-15-13(10-25-27-15)7-16(17)26-20-19-14-6-5-12(22(30)29(3)4)8-18(14)31-21(19)24-11-23-20/h7,9-12H,5-6,8H2,1-4H3,(H,25,27)(H,23,24,26). The third-order valence-electron chi connectivity index (χ3n) is 5.93. The third-order valence-corrected chi connectivity index (χ3v) is 7.09. The molecule has 9 heteroatoms. The fourth-order valence-electron chi connectivity index (χ4n) is 4.36. The van der Waals surface area contributed by atoms with Gasteiger partial charge >= 0.3 is 0 Å². The average molecular weight is 436 g/mol. The predicted molar refractivity (Wildman–Crippen MR) is 125 cm³/mol. The summed E-state index contributed by atoms with van der Waals surface area (Å²) in [4.78, 5) is 27.6. The lowest BCUT2D eigenvalue weighted by Gasteiger charge is -2.24. The van der Waals surface area contributed by atoms with Crippen LogP contribution in [-0.2, 0) is 17.6 Å². The van der Waals surface area contributed by atoms with Crippen LogP contribution in [0.1, 0.15) is 16.9 Å². The highest BCUT2D eigenvalue weighted by Gasteiger charge is 2.30. The van der Waals surface area contributed by atoms with Gasteiger partial charge in [-0.25, -0.2) is 9.97 Å². The molecule has 2 N–H and O–H groups in total. The molecule has 5 rings (SSSR count). The van der Waals surface area contributed by atoms with Crippen molar-refractivity contribution in [3.8, 4) is 0 Å². The number of aromatic amines is 1. The van der Waals surface area contributed by atoms with Gasteiger partial charge in [0.1, 0.15) is 17.0 Å². The highest BCUT2D eigenvalue weighted by atomic mass is 32.1. The van der Waals surface area contributed by atoms with E-state index in [0.717, 1.165) is 57.6 Å². The first kappa shape index (κ1) is 19.7. The van der Waals surface area contributed by atoms with Crippen molar-refractivity contribution < 1.29 is 4.79 Å². The molecule has 3 heterocycles. The molecule has 160 valence electrons. The minimum atomic E-state index is 0.0452. The smallest absolute Gasteiger partial charge is 0.225 e. The number of anilines is 3. The second-order valence-corrected chi connectivity index (χ2v) is 9.51. The minimum absolute atomic E-state index is 0.0452. The first-order chi connectivity index (χ1) is 14.9. The van der Waals surface area contributed by atoms with Crippen molar-refractivity contribution in [1.29, 1.82) is 0 Å². The molecule has 1 aromatic carbocycles. The van der Waals surface area contributed by atoms with Crippen molar-refractivity contribution in [1.82, 2.24) is 25.1 Å². The highest BCUT2D eigenvalue weighted by Crippen LogP contribution is 2.41. The zero-order valence-corrected chi connectivity index (χ0v) is 18.9. The fourth-order valence-corrected chi connectivity index (χ4v) is 5.63. The molecular formula is C22H25N7OS. The van der Waals surface area contributed by atoms with Crippen LogP contribution < -0.4 is 10.2 Å². The normalized spacial score (nSPS) is 15.8. The van der Waals surface area contributed by atoms with Gasteiger partial charge in [-0.05, 0) is 37.0 Å². The summed E-state index contributed by atoms with van der Waals surface area (Å²) in [7, 11) is 7.70. The Balaban J connectivity index is 1.56. The quantitative estimate of drug-likeness (QED) is 0.509. The summed E-state index contributed by atoms with van der Waals surface area (Å²) in [5.74, 6) is 1.06. The number of carbonyl (C=O) groups excluding carboxylic acids is 1. The van der Waals surface area contributed by atoms with Crippen LogP contribution in [0.15, 0.2) is 24.7 Å². The number of nitrogens with one attached hydrogen (secondary N) is 2. The molecular weight excluding hydrogens is 410 g/mol. The summed E-state index contributed by atoms with van der Waals surface area (Å²) >= 11 is 1.68. The first-order valence-corrected chi connectivity index (χ1v) is 11.1. The van der Waals surface area contributed by atoms with Crippen LogP contribution in [0, 0.1) is 5.92 Å². The monoisotopic (exact) mass is 435 g/mol. The van der Waals surface area contributed by atoms with Gasteiger partial charge in [0.05, 0.1) is 28.5 Å². The summed E-state index contributed by atoms with van der Waals surface area (Å²) in [6.07, 6.45) is 5.93. The van der Waals surface area contributed by atoms with Crippen LogP contribution in [0.5, 0.6) is 0 Å². The number of amides is 1. The summed E-state index contributed by atoms with van der Waals surface area (Å²) in [6, 6.07) is 4.18. The van der Waals surface area contributed by atoms with E-state index < -0.39 is 0 Å². The molecule has 0 saturated heterocycles. The fraction of sp³-hybridized carbons (Fsp3) is 0.364. The number of carbonyl (C=O) groups is 1.